The average Bonchev–Trinajstić information content (AvgIpc) is 3.59. The maximum atomic E-state index is 14.2. The topological polar surface area (TPSA) is 132 Å². The van der Waals surface area contributed by atoms with E-state index in [9.17, 15) is 19.8 Å². The van der Waals surface area contributed by atoms with E-state index in [-0.39, 0.29) is 37.2 Å². The van der Waals surface area contributed by atoms with Crippen LogP contribution in [-0.4, -0.2) is 72.7 Å². The molecule has 45 heavy (non-hydrogen) atoms. The molecule has 0 saturated carbocycles. The maximum absolute atomic E-state index is 14.2. The second-order valence-corrected chi connectivity index (χ2v) is 12.5. The summed E-state index contributed by atoms with van der Waals surface area (Å²) < 4.78 is 27.7. The van der Waals surface area contributed by atoms with Gasteiger partial charge in [0, 0.05) is 24.6 Å². The predicted octanol–water partition coefficient (Wildman–Crippen LogP) is 2.56. The fourth-order valence-corrected chi connectivity index (χ4v) is 7.19. The van der Waals surface area contributed by atoms with Gasteiger partial charge in [-0.15, -0.1) is 4.57 Å². The van der Waals surface area contributed by atoms with Gasteiger partial charge in [-0.05, 0) is 18.4 Å². The van der Waals surface area contributed by atoms with E-state index >= 15 is 0 Å². The highest BCUT2D eigenvalue weighted by atomic mass is 35.5. The van der Waals surface area contributed by atoms with Crippen molar-refractivity contribution < 1.29 is 38.2 Å². The molecule has 1 aliphatic heterocycles. The number of imidazole rings is 1. The van der Waals surface area contributed by atoms with Crippen molar-refractivity contribution in [1.29, 1.82) is 0 Å². The van der Waals surface area contributed by atoms with Gasteiger partial charge in [-0.3, -0.25) is 14.2 Å². The van der Waals surface area contributed by atoms with Gasteiger partial charge in [-0.2, -0.15) is 0 Å². The molecule has 0 spiro atoms. The lowest BCUT2D eigenvalue weighted by Gasteiger charge is -2.14. The fourth-order valence-electron chi connectivity index (χ4n) is 5.07. The van der Waals surface area contributed by atoms with Gasteiger partial charge in [0.1, 0.15) is 22.4 Å². The quantitative estimate of drug-likeness (QED) is 0.167. The summed E-state index contributed by atoms with van der Waals surface area (Å²) in [5.41, 5.74) is 1.75. The van der Waals surface area contributed by atoms with E-state index in [1.165, 1.54) is 23.4 Å². The molecular weight excluding hydrogens is 667 g/mol. The summed E-state index contributed by atoms with van der Waals surface area (Å²) in [6.45, 7) is -0.358. The molecule has 2 aromatic heterocycles. The number of hydrogen-bond acceptors (Lipinski definition) is 10. The normalized spacial score (nSPS) is 14.5. The van der Waals surface area contributed by atoms with E-state index in [0.29, 0.717) is 43.9 Å². The Morgan fingerprint density at radius 2 is 1.82 bits per heavy atom. The molecule has 12 nitrogen and oxygen atoms in total. The van der Waals surface area contributed by atoms with Crippen LogP contribution in [0.15, 0.2) is 38.4 Å². The van der Waals surface area contributed by atoms with E-state index in [0.717, 1.165) is 16.1 Å². The highest BCUT2D eigenvalue weighted by Crippen LogP contribution is 2.48. The Labute approximate surface area is 276 Å². The van der Waals surface area contributed by atoms with E-state index in [4.69, 9.17) is 41.8 Å². The van der Waals surface area contributed by atoms with Crippen LogP contribution < -0.4 is 35.3 Å². The van der Waals surface area contributed by atoms with Crippen LogP contribution in [0.1, 0.15) is 5.89 Å². The molecule has 0 bridgehead atoms. The number of aliphatic carboxylic acids is 1. The lowest BCUT2D eigenvalue weighted by Crippen LogP contribution is -2.38. The van der Waals surface area contributed by atoms with Gasteiger partial charge in [0.05, 0.1) is 61.9 Å². The van der Waals surface area contributed by atoms with E-state index in [2.05, 4.69) is 0 Å². The number of aliphatic hydroxyl groups is 1. The summed E-state index contributed by atoms with van der Waals surface area (Å²) in [6, 6.07) is 6.97. The SMILES string of the molecule is COc1cc2oc(C=c3n(CC(=O)O)c(=O)/c(=C4/Sc5cc(Cl)c(Cl)cc5N4C)n3CCOCCO)[n+](CSC)c2cc1OC. The number of anilines is 1. The van der Waals surface area contributed by atoms with Gasteiger partial charge in [-0.1, -0.05) is 46.7 Å². The number of ether oxygens (including phenoxy) is 3. The van der Waals surface area contributed by atoms with Gasteiger partial charge in [0.2, 0.25) is 5.58 Å². The molecule has 5 rings (SSSR count). The molecule has 0 atom stereocenters. The molecule has 2 aromatic carbocycles. The lowest BCUT2D eigenvalue weighted by molar-refractivity contribution is -0.656. The standard InChI is InChI=1S/C29H30Cl2N4O8S2/c1-32-19-9-16(30)17(31)10-23(19)45-29(32)27-28(39)34(14-26(37)38)24(33(27)5-7-42-8-6-36)13-25-35(15-44-4)18-11-21(40-2)22(41-3)12-20(18)43-25/h9-13,36H,5-8,14-15H2,1-4H3/p+1/b29-27-. The second-order valence-electron chi connectivity index (χ2n) is 9.79. The maximum Gasteiger partial charge on any atom is 0.378 e. The Bertz CT molecular complexity index is 1960. The molecule has 0 aliphatic carbocycles. The molecule has 0 amide bonds. The lowest BCUT2D eigenvalue weighted by atomic mass is 10.3. The first-order valence-electron chi connectivity index (χ1n) is 13.6. The van der Waals surface area contributed by atoms with Crippen molar-refractivity contribution in [2.24, 2.45) is 0 Å². The number of rotatable bonds is 12. The van der Waals surface area contributed by atoms with Crippen LogP contribution in [0.25, 0.3) is 22.2 Å². The third-order valence-electron chi connectivity index (χ3n) is 7.08. The first-order chi connectivity index (χ1) is 21.6. The van der Waals surface area contributed by atoms with Gasteiger partial charge in [-0.25, -0.2) is 0 Å². The molecule has 4 aromatic rings. The van der Waals surface area contributed by atoms with Crippen molar-refractivity contribution in [2.45, 2.75) is 23.9 Å². The zero-order valence-electron chi connectivity index (χ0n) is 24.8. The summed E-state index contributed by atoms with van der Waals surface area (Å²) in [4.78, 5) is 28.9. The third kappa shape index (κ3) is 6.40. The van der Waals surface area contributed by atoms with Crippen molar-refractivity contribution in [3.8, 4) is 11.5 Å². The van der Waals surface area contributed by atoms with Crippen molar-refractivity contribution >= 4 is 80.6 Å². The van der Waals surface area contributed by atoms with Crippen molar-refractivity contribution in [1.82, 2.24) is 9.13 Å². The monoisotopic (exact) mass is 697 g/mol. The number of benzene rings is 2. The average molecular weight is 699 g/mol. The van der Waals surface area contributed by atoms with E-state index in [1.807, 2.05) is 15.7 Å². The Kier molecular flexibility index (Phi) is 10.3. The van der Waals surface area contributed by atoms with Crippen LogP contribution in [0.2, 0.25) is 10.0 Å². The zero-order chi connectivity index (χ0) is 32.4. The van der Waals surface area contributed by atoms with Crippen LogP contribution in [-0.2, 0) is 28.5 Å². The Morgan fingerprint density at radius 3 is 2.49 bits per heavy atom. The van der Waals surface area contributed by atoms with Gasteiger partial charge >= 0.3 is 11.9 Å². The minimum atomic E-state index is -1.19. The number of carboxylic acids is 1. The smallest absolute Gasteiger partial charge is 0.378 e. The van der Waals surface area contributed by atoms with Crippen molar-refractivity contribution in [3.63, 3.8) is 0 Å². The molecule has 3 heterocycles. The number of oxazole rings is 1. The van der Waals surface area contributed by atoms with Crippen LogP contribution in [0.4, 0.5) is 5.69 Å². The second kappa shape index (κ2) is 14.0. The number of methoxy groups -OCH3 is 2. The number of carboxylic acid groups (broad SMARTS) is 1. The summed E-state index contributed by atoms with van der Waals surface area (Å²) >= 11 is 15.5. The molecule has 0 saturated heterocycles. The molecule has 0 radical (unpaired) electrons. The van der Waals surface area contributed by atoms with Crippen molar-refractivity contribution in [2.75, 3.05) is 52.2 Å². The first-order valence-corrected chi connectivity index (χ1v) is 16.5. The number of thioether (sulfide) groups is 2. The zero-order valence-corrected chi connectivity index (χ0v) is 28.0. The number of hydrogen-bond donors (Lipinski definition) is 2. The van der Waals surface area contributed by atoms with Gasteiger partial charge in [0.15, 0.2) is 17.4 Å². The molecule has 0 unspecified atom stereocenters. The van der Waals surface area contributed by atoms with E-state index in [1.54, 1.807) is 60.8 Å². The highest BCUT2D eigenvalue weighted by molar-refractivity contribution is 8.08. The summed E-state index contributed by atoms with van der Waals surface area (Å²) in [5, 5.41) is 20.7. The van der Waals surface area contributed by atoms with Crippen LogP contribution in [0.3, 0.4) is 0 Å². The van der Waals surface area contributed by atoms with Crippen LogP contribution in [0, 0.1) is 0 Å². The first kappa shape index (κ1) is 33.1. The predicted molar refractivity (Wildman–Crippen MR) is 174 cm³/mol. The summed E-state index contributed by atoms with van der Waals surface area (Å²) in [6.07, 6.45) is 3.59. The van der Waals surface area contributed by atoms with Gasteiger partial charge < -0.3 is 38.3 Å². The number of carbonyl (C=O) groups is 1. The third-order valence-corrected chi connectivity index (χ3v) is 9.53. The number of fused-ring (bicyclic) bond motifs is 2. The highest BCUT2D eigenvalue weighted by Gasteiger charge is 2.29. The number of aromatic nitrogens is 3. The minimum absolute atomic E-state index is 0.101. The van der Waals surface area contributed by atoms with E-state index < -0.39 is 18.1 Å². The molecule has 16 heteroatoms. The minimum Gasteiger partial charge on any atom is -0.493 e. The molecular formula is C29H31Cl2N4O8S2+. The number of nitrogens with zero attached hydrogens (tertiary/aromatic N) is 4. The number of aliphatic hydroxyl groups excluding tert-OH is 1. The van der Waals surface area contributed by atoms with Crippen LogP contribution in [0.5, 0.6) is 11.5 Å². The Hall–Kier alpha value is -3.27. The largest absolute Gasteiger partial charge is 0.493 e. The Morgan fingerprint density at radius 1 is 1.11 bits per heavy atom. The summed E-state index contributed by atoms with van der Waals surface area (Å²) in [5.74, 6) is 0.655. The van der Waals surface area contributed by atoms with Crippen molar-refractivity contribution in [3.05, 3.63) is 61.4 Å². The summed E-state index contributed by atoms with van der Waals surface area (Å²) in [7, 11) is 4.88. The molecule has 240 valence electrons. The fraction of sp³-hybridized carbons (Fsp3) is 0.345. The molecule has 1 aliphatic rings. The van der Waals surface area contributed by atoms with Crippen LogP contribution >= 0.6 is 46.7 Å². The Balaban J connectivity index is 1.84. The van der Waals surface area contributed by atoms with Gasteiger partial charge in [0.25, 0.3) is 11.1 Å². The molecule has 2 N–H and O–H groups in total. The number of halogens is 2. The molecule has 0 fully saturated rings.